The highest BCUT2D eigenvalue weighted by atomic mass is 32.1. The number of nitrogens with zero attached hydrogens (tertiary/aromatic N) is 3. The summed E-state index contributed by atoms with van der Waals surface area (Å²) < 4.78 is 6.04. The van der Waals surface area contributed by atoms with Crippen LogP contribution in [0.2, 0.25) is 0 Å². The van der Waals surface area contributed by atoms with Crippen molar-refractivity contribution < 1.29 is 9.53 Å². The van der Waals surface area contributed by atoms with E-state index in [-0.39, 0.29) is 5.92 Å². The van der Waals surface area contributed by atoms with Gasteiger partial charge in [-0.25, -0.2) is 0 Å². The molecule has 3 heterocycles. The Hall–Kier alpha value is -1.89. The Morgan fingerprint density at radius 2 is 1.97 bits per heavy atom. The second kappa shape index (κ2) is 10.6. The molecule has 0 spiro atoms. The fraction of sp³-hybridized carbons (Fsp3) is 0.560. The highest BCUT2D eigenvalue weighted by Gasteiger charge is 2.28. The predicted molar refractivity (Wildman–Crippen MR) is 126 cm³/mol. The molecule has 1 saturated heterocycles. The first kappa shape index (κ1) is 22.3. The minimum absolute atomic E-state index is 0.138. The monoisotopic (exact) mass is 441 g/mol. The van der Waals surface area contributed by atoms with Crippen LogP contribution in [0.5, 0.6) is 5.75 Å². The molecule has 2 aliphatic rings. The fourth-order valence-electron chi connectivity index (χ4n) is 4.83. The van der Waals surface area contributed by atoms with Gasteiger partial charge in [-0.05, 0) is 73.3 Å². The van der Waals surface area contributed by atoms with E-state index in [2.05, 4.69) is 58.7 Å². The van der Waals surface area contributed by atoms with Gasteiger partial charge in [-0.2, -0.15) is 11.3 Å². The lowest BCUT2D eigenvalue weighted by Gasteiger charge is -2.34. The van der Waals surface area contributed by atoms with E-state index < -0.39 is 0 Å². The van der Waals surface area contributed by atoms with Crippen LogP contribution in [0.15, 0.2) is 35.0 Å². The molecule has 2 aromatic rings. The van der Waals surface area contributed by atoms with Crippen LogP contribution in [0.3, 0.4) is 0 Å². The zero-order chi connectivity index (χ0) is 21.6. The van der Waals surface area contributed by atoms with Crippen molar-refractivity contribution in [2.45, 2.75) is 46.3 Å². The van der Waals surface area contributed by atoms with E-state index in [9.17, 15) is 4.79 Å². The van der Waals surface area contributed by atoms with E-state index >= 15 is 0 Å². The van der Waals surface area contributed by atoms with Gasteiger partial charge in [0.2, 0.25) is 5.91 Å². The van der Waals surface area contributed by atoms with Gasteiger partial charge in [0.05, 0.1) is 5.92 Å². The highest BCUT2D eigenvalue weighted by Crippen LogP contribution is 2.27. The van der Waals surface area contributed by atoms with Crippen LogP contribution in [-0.2, 0) is 24.4 Å². The summed E-state index contributed by atoms with van der Waals surface area (Å²) in [6.07, 6.45) is 2.11. The summed E-state index contributed by atoms with van der Waals surface area (Å²) >= 11 is 1.76. The maximum absolute atomic E-state index is 12.8. The standard InChI is InChI=1S/C25H35N3O2S/c1-3-28(4-2)25(29)22-6-5-10-26(17-22)15-20-7-8-24-23(14-20)18-27(11-12-30-24)16-21-9-13-31-19-21/h7-9,13-14,19,22H,3-6,10-12,15-18H2,1-2H3/t22-/m0/s1. The number of carbonyl (C=O) groups is 1. The van der Waals surface area contributed by atoms with Crippen molar-refractivity contribution in [3.05, 3.63) is 51.7 Å². The molecule has 0 radical (unpaired) electrons. The van der Waals surface area contributed by atoms with Gasteiger partial charge in [0, 0.05) is 51.4 Å². The number of rotatable bonds is 7. The molecule has 1 atom stereocenters. The number of piperidine rings is 1. The number of fused-ring (bicyclic) bond motifs is 1. The van der Waals surface area contributed by atoms with Crippen LogP contribution in [-0.4, -0.2) is 59.9 Å². The largest absolute Gasteiger partial charge is 0.492 e. The van der Waals surface area contributed by atoms with Gasteiger partial charge >= 0.3 is 0 Å². The Balaban J connectivity index is 1.40. The van der Waals surface area contributed by atoms with Crippen molar-refractivity contribution in [3.63, 3.8) is 0 Å². The maximum Gasteiger partial charge on any atom is 0.226 e. The number of ether oxygens (including phenoxy) is 1. The average molecular weight is 442 g/mol. The molecule has 1 aromatic heterocycles. The van der Waals surface area contributed by atoms with Gasteiger partial charge in [0.15, 0.2) is 0 Å². The minimum Gasteiger partial charge on any atom is -0.492 e. The summed E-state index contributed by atoms with van der Waals surface area (Å²) in [5.41, 5.74) is 3.97. The third kappa shape index (κ3) is 5.68. The fourth-order valence-corrected chi connectivity index (χ4v) is 5.49. The third-order valence-electron chi connectivity index (χ3n) is 6.51. The highest BCUT2D eigenvalue weighted by molar-refractivity contribution is 7.07. The number of hydrogen-bond acceptors (Lipinski definition) is 5. The van der Waals surface area contributed by atoms with E-state index in [1.165, 1.54) is 16.7 Å². The van der Waals surface area contributed by atoms with Gasteiger partial charge in [-0.3, -0.25) is 14.6 Å². The van der Waals surface area contributed by atoms with Crippen molar-refractivity contribution in [3.8, 4) is 5.75 Å². The smallest absolute Gasteiger partial charge is 0.226 e. The zero-order valence-corrected chi connectivity index (χ0v) is 19.7. The number of amides is 1. The first-order valence-electron chi connectivity index (χ1n) is 11.7. The van der Waals surface area contributed by atoms with Gasteiger partial charge < -0.3 is 9.64 Å². The Bertz CT molecular complexity index is 850. The van der Waals surface area contributed by atoms with Crippen molar-refractivity contribution in [2.75, 3.05) is 39.3 Å². The van der Waals surface area contributed by atoms with Crippen molar-refractivity contribution in [2.24, 2.45) is 5.92 Å². The molecule has 31 heavy (non-hydrogen) atoms. The predicted octanol–water partition coefficient (Wildman–Crippen LogP) is 4.22. The third-order valence-corrected chi connectivity index (χ3v) is 7.24. The lowest BCUT2D eigenvalue weighted by atomic mass is 9.95. The normalized spacial score (nSPS) is 20.0. The molecule has 0 unspecified atom stereocenters. The van der Waals surface area contributed by atoms with Crippen molar-refractivity contribution in [1.82, 2.24) is 14.7 Å². The van der Waals surface area contributed by atoms with E-state index in [0.717, 1.165) is 77.6 Å². The lowest BCUT2D eigenvalue weighted by Crippen LogP contribution is -2.44. The molecular weight excluding hydrogens is 406 g/mol. The van der Waals surface area contributed by atoms with Gasteiger partial charge in [0.25, 0.3) is 0 Å². The van der Waals surface area contributed by atoms with E-state index in [0.29, 0.717) is 5.91 Å². The quantitative estimate of drug-likeness (QED) is 0.644. The summed E-state index contributed by atoms with van der Waals surface area (Å²) in [4.78, 5) is 19.7. The summed E-state index contributed by atoms with van der Waals surface area (Å²) in [6, 6.07) is 8.86. The second-order valence-electron chi connectivity index (χ2n) is 8.72. The summed E-state index contributed by atoms with van der Waals surface area (Å²) in [5, 5.41) is 4.38. The molecule has 1 aromatic carbocycles. The summed E-state index contributed by atoms with van der Waals surface area (Å²) in [5.74, 6) is 1.48. The molecule has 4 rings (SSSR count). The summed E-state index contributed by atoms with van der Waals surface area (Å²) in [6.45, 7) is 12.2. The molecule has 6 heteroatoms. The maximum atomic E-state index is 12.8. The van der Waals surface area contributed by atoms with E-state index in [4.69, 9.17) is 4.74 Å². The Labute approximate surface area is 190 Å². The lowest BCUT2D eigenvalue weighted by molar-refractivity contribution is -0.137. The zero-order valence-electron chi connectivity index (χ0n) is 18.9. The molecule has 2 aliphatic heterocycles. The molecular formula is C25H35N3O2S. The summed E-state index contributed by atoms with van der Waals surface area (Å²) in [7, 11) is 0. The minimum atomic E-state index is 0.138. The number of carbonyl (C=O) groups excluding carboxylic acids is 1. The van der Waals surface area contributed by atoms with E-state index in [1.807, 2.05) is 4.90 Å². The molecule has 0 saturated carbocycles. The van der Waals surface area contributed by atoms with Gasteiger partial charge in [-0.1, -0.05) is 6.07 Å². The molecule has 0 bridgehead atoms. The molecule has 0 N–H and O–H groups in total. The van der Waals surface area contributed by atoms with Crippen molar-refractivity contribution in [1.29, 1.82) is 0 Å². The topological polar surface area (TPSA) is 36.0 Å². The van der Waals surface area contributed by atoms with Gasteiger partial charge in [-0.15, -0.1) is 0 Å². The van der Waals surface area contributed by atoms with Crippen LogP contribution in [0, 0.1) is 5.92 Å². The Kier molecular flexibility index (Phi) is 7.64. The molecule has 1 amide bonds. The average Bonchev–Trinajstić information content (AvgIpc) is 3.21. The molecule has 168 valence electrons. The van der Waals surface area contributed by atoms with Crippen LogP contribution >= 0.6 is 11.3 Å². The molecule has 1 fully saturated rings. The number of thiophene rings is 1. The van der Waals surface area contributed by atoms with Crippen LogP contribution in [0.25, 0.3) is 0 Å². The Morgan fingerprint density at radius 1 is 1.13 bits per heavy atom. The van der Waals surface area contributed by atoms with Gasteiger partial charge in [0.1, 0.15) is 12.4 Å². The van der Waals surface area contributed by atoms with E-state index in [1.54, 1.807) is 11.3 Å². The molecule has 5 nitrogen and oxygen atoms in total. The number of hydrogen-bond donors (Lipinski definition) is 0. The van der Waals surface area contributed by atoms with Crippen molar-refractivity contribution >= 4 is 17.2 Å². The molecule has 0 aliphatic carbocycles. The van der Waals surface area contributed by atoms with Crippen LogP contribution in [0.1, 0.15) is 43.4 Å². The number of likely N-dealkylation sites (tertiary alicyclic amines) is 1. The van der Waals surface area contributed by atoms with Crippen LogP contribution in [0.4, 0.5) is 0 Å². The second-order valence-corrected chi connectivity index (χ2v) is 9.50. The SMILES string of the molecule is CCN(CC)C(=O)[C@H]1CCCN(Cc2ccc3c(c2)CN(Cc2ccsc2)CCO3)C1. The number of benzene rings is 1. The van der Waals surface area contributed by atoms with Crippen LogP contribution < -0.4 is 4.74 Å². The Morgan fingerprint density at radius 3 is 2.74 bits per heavy atom. The first-order chi connectivity index (χ1) is 15.2. The first-order valence-corrected chi connectivity index (χ1v) is 12.6.